The smallest absolute Gasteiger partial charge is 0.253 e. The fourth-order valence-electron chi connectivity index (χ4n) is 1.47. The van der Waals surface area contributed by atoms with E-state index in [1.165, 1.54) is 17.8 Å². The zero-order valence-electron chi connectivity index (χ0n) is 9.74. The number of carbonyl (C=O) groups is 1. The Hall–Kier alpha value is -1.59. The average molecular weight is 282 g/mol. The SMILES string of the molecule is Cc1cscc1CNC(=O)c1cc(N)ncc1Cl. The van der Waals surface area contributed by atoms with Gasteiger partial charge in [-0.2, -0.15) is 11.3 Å². The Balaban J connectivity index is 2.08. The summed E-state index contributed by atoms with van der Waals surface area (Å²) in [6.07, 6.45) is 1.38. The maximum Gasteiger partial charge on any atom is 0.253 e. The summed E-state index contributed by atoms with van der Waals surface area (Å²) in [5.74, 6) is 0.0240. The minimum Gasteiger partial charge on any atom is -0.384 e. The molecule has 0 radical (unpaired) electrons. The highest BCUT2D eigenvalue weighted by atomic mass is 35.5. The molecular weight excluding hydrogens is 270 g/mol. The summed E-state index contributed by atoms with van der Waals surface area (Å²) in [5.41, 5.74) is 8.15. The summed E-state index contributed by atoms with van der Waals surface area (Å²) in [7, 11) is 0. The molecule has 1 amide bonds. The van der Waals surface area contributed by atoms with Crippen LogP contribution in [0.3, 0.4) is 0 Å². The number of hydrogen-bond donors (Lipinski definition) is 2. The van der Waals surface area contributed by atoms with Crippen molar-refractivity contribution < 1.29 is 4.79 Å². The van der Waals surface area contributed by atoms with E-state index in [2.05, 4.69) is 10.3 Å². The summed E-state index contributed by atoms with van der Waals surface area (Å²) >= 11 is 7.52. The second kappa shape index (κ2) is 5.37. The topological polar surface area (TPSA) is 68.0 Å². The molecule has 0 aliphatic heterocycles. The molecule has 0 atom stereocenters. The second-order valence-electron chi connectivity index (χ2n) is 3.85. The van der Waals surface area contributed by atoms with Crippen LogP contribution in [0.15, 0.2) is 23.0 Å². The standard InChI is InChI=1S/C12H12ClN3OS/c1-7-5-18-6-8(7)3-16-12(17)9-2-11(14)15-4-10(9)13/h2,4-6H,3H2,1H3,(H2,14,15)(H,16,17). The number of aryl methyl sites for hydroxylation is 1. The molecule has 4 nitrogen and oxygen atoms in total. The molecule has 0 bridgehead atoms. The number of nitrogens with two attached hydrogens (primary N) is 1. The predicted molar refractivity (Wildman–Crippen MR) is 73.9 cm³/mol. The maximum absolute atomic E-state index is 11.9. The summed E-state index contributed by atoms with van der Waals surface area (Å²) in [6.45, 7) is 2.49. The fourth-order valence-corrected chi connectivity index (χ4v) is 2.51. The molecular formula is C12H12ClN3OS. The van der Waals surface area contributed by atoms with Crippen molar-refractivity contribution in [2.45, 2.75) is 13.5 Å². The van der Waals surface area contributed by atoms with Gasteiger partial charge in [-0.1, -0.05) is 11.6 Å². The molecule has 2 heterocycles. The lowest BCUT2D eigenvalue weighted by molar-refractivity contribution is 0.0951. The number of nitrogens with zero attached hydrogens (tertiary/aromatic N) is 1. The van der Waals surface area contributed by atoms with Crippen molar-refractivity contribution in [3.05, 3.63) is 44.7 Å². The molecule has 0 fully saturated rings. The quantitative estimate of drug-likeness (QED) is 0.909. The Kier molecular flexibility index (Phi) is 3.84. The van der Waals surface area contributed by atoms with Gasteiger partial charge >= 0.3 is 0 Å². The van der Waals surface area contributed by atoms with Gasteiger partial charge in [0.05, 0.1) is 10.6 Å². The van der Waals surface area contributed by atoms with Gasteiger partial charge in [0.15, 0.2) is 0 Å². The summed E-state index contributed by atoms with van der Waals surface area (Å²) in [4.78, 5) is 15.8. The minimum absolute atomic E-state index is 0.250. The van der Waals surface area contributed by atoms with Crippen LogP contribution in [0.25, 0.3) is 0 Å². The predicted octanol–water partition coefficient (Wildman–Crippen LogP) is 2.62. The number of pyridine rings is 1. The van der Waals surface area contributed by atoms with Crippen LogP contribution in [0.2, 0.25) is 5.02 Å². The number of carbonyl (C=O) groups excluding carboxylic acids is 1. The van der Waals surface area contributed by atoms with Crippen LogP contribution in [0.4, 0.5) is 5.82 Å². The molecule has 2 rings (SSSR count). The van der Waals surface area contributed by atoms with Crippen LogP contribution in [0, 0.1) is 6.92 Å². The Morgan fingerprint density at radius 1 is 1.56 bits per heavy atom. The lowest BCUT2D eigenvalue weighted by Gasteiger charge is -2.07. The van der Waals surface area contributed by atoms with E-state index in [-0.39, 0.29) is 11.7 Å². The Morgan fingerprint density at radius 2 is 2.33 bits per heavy atom. The number of rotatable bonds is 3. The largest absolute Gasteiger partial charge is 0.384 e. The van der Waals surface area contributed by atoms with E-state index in [0.29, 0.717) is 17.1 Å². The first-order valence-corrected chi connectivity index (χ1v) is 6.61. The Morgan fingerprint density at radius 3 is 3.00 bits per heavy atom. The number of nitrogens with one attached hydrogen (secondary N) is 1. The number of nitrogen functional groups attached to an aromatic ring is 1. The van der Waals surface area contributed by atoms with E-state index < -0.39 is 0 Å². The first kappa shape index (κ1) is 12.9. The van der Waals surface area contributed by atoms with Gasteiger partial charge in [-0.3, -0.25) is 4.79 Å². The van der Waals surface area contributed by atoms with Crippen molar-refractivity contribution in [3.8, 4) is 0 Å². The van der Waals surface area contributed by atoms with Crippen LogP contribution in [0.5, 0.6) is 0 Å². The molecule has 0 aliphatic rings. The van der Waals surface area contributed by atoms with Crippen LogP contribution < -0.4 is 11.1 Å². The first-order valence-electron chi connectivity index (χ1n) is 5.29. The summed E-state index contributed by atoms with van der Waals surface area (Å²) in [6, 6.07) is 1.47. The molecule has 0 aliphatic carbocycles. The third-order valence-corrected chi connectivity index (χ3v) is 3.73. The average Bonchev–Trinajstić information content (AvgIpc) is 2.75. The molecule has 0 saturated heterocycles. The van der Waals surface area contributed by atoms with Gasteiger partial charge in [-0.05, 0) is 34.9 Å². The second-order valence-corrected chi connectivity index (χ2v) is 5.00. The zero-order valence-corrected chi connectivity index (χ0v) is 11.3. The van der Waals surface area contributed by atoms with E-state index in [1.54, 1.807) is 11.3 Å². The molecule has 0 unspecified atom stereocenters. The van der Waals surface area contributed by atoms with Crippen molar-refractivity contribution in [1.29, 1.82) is 0 Å². The highest BCUT2D eigenvalue weighted by Gasteiger charge is 2.11. The van der Waals surface area contributed by atoms with Gasteiger partial charge in [0.25, 0.3) is 5.91 Å². The van der Waals surface area contributed by atoms with Crippen molar-refractivity contribution >= 4 is 34.7 Å². The molecule has 0 saturated carbocycles. The monoisotopic (exact) mass is 281 g/mol. The fraction of sp³-hybridized carbons (Fsp3) is 0.167. The summed E-state index contributed by atoms with van der Waals surface area (Å²) in [5, 5.41) is 7.16. The normalized spacial score (nSPS) is 10.3. The molecule has 2 aromatic rings. The molecule has 18 heavy (non-hydrogen) atoms. The number of amides is 1. The summed E-state index contributed by atoms with van der Waals surface area (Å²) < 4.78 is 0. The highest BCUT2D eigenvalue weighted by Crippen LogP contribution is 2.17. The van der Waals surface area contributed by atoms with Gasteiger partial charge in [0.2, 0.25) is 0 Å². The van der Waals surface area contributed by atoms with E-state index in [9.17, 15) is 4.79 Å². The molecule has 0 aromatic carbocycles. The molecule has 0 spiro atoms. The van der Waals surface area contributed by atoms with Crippen molar-refractivity contribution in [2.75, 3.05) is 5.73 Å². The third-order valence-electron chi connectivity index (χ3n) is 2.52. The molecule has 94 valence electrons. The van der Waals surface area contributed by atoms with Crippen molar-refractivity contribution in [3.63, 3.8) is 0 Å². The van der Waals surface area contributed by atoms with Crippen molar-refractivity contribution in [1.82, 2.24) is 10.3 Å². The van der Waals surface area contributed by atoms with Gasteiger partial charge in [0, 0.05) is 12.7 Å². The van der Waals surface area contributed by atoms with E-state index in [1.807, 2.05) is 17.7 Å². The van der Waals surface area contributed by atoms with Crippen molar-refractivity contribution in [2.24, 2.45) is 0 Å². The van der Waals surface area contributed by atoms with E-state index in [4.69, 9.17) is 17.3 Å². The number of anilines is 1. The van der Waals surface area contributed by atoms with E-state index >= 15 is 0 Å². The minimum atomic E-state index is -0.250. The molecule has 3 N–H and O–H groups in total. The van der Waals surface area contributed by atoms with Crippen LogP contribution in [-0.4, -0.2) is 10.9 Å². The highest BCUT2D eigenvalue weighted by molar-refractivity contribution is 7.08. The first-order chi connectivity index (χ1) is 8.58. The zero-order chi connectivity index (χ0) is 13.1. The molecule has 2 aromatic heterocycles. The Labute approximate surface area is 114 Å². The number of hydrogen-bond acceptors (Lipinski definition) is 4. The van der Waals surface area contributed by atoms with E-state index in [0.717, 1.165) is 5.56 Å². The van der Waals surface area contributed by atoms with Crippen LogP contribution in [0.1, 0.15) is 21.5 Å². The number of halogens is 1. The lowest BCUT2D eigenvalue weighted by Crippen LogP contribution is -2.23. The van der Waals surface area contributed by atoms with Crippen LogP contribution in [-0.2, 0) is 6.54 Å². The van der Waals surface area contributed by atoms with Gasteiger partial charge < -0.3 is 11.1 Å². The Bertz CT molecular complexity index is 582. The molecule has 6 heteroatoms. The van der Waals surface area contributed by atoms with Crippen LogP contribution >= 0.6 is 22.9 Å². The lowest BCUT2D eigenvalue weighted by atomic mass is 10.2. The van der Waals surface area contributed by atoms with Gasteiger partial charge in [-0.25, -0.2) is 4.98 Å². The maximum atomic E-state index is 11.9. The number of thiophene rings is 1. The third kappa shape index (κ3) is 2.80. The van der Waals surface area contributed by atoms with Gasteiger partial charge in [0.1, 0.15) is 5.82 Å². The number of aromatic nitrogens is 1. The van der Waals surface area contributed by atoms with Gasteiger partial charge in [-0.15, -0.1) is 0 Å².